The highest BCUT2D eigenvalue weighted by molar-refractivity contribution is 14.1. The Balaban J connectivity index is 3.82. The van der Waals surface area contributed by atoms with E-state index in [0.29, 0.717) is 10.5 Å². The summed E-state index contributed by atoms with van der Waals surface area (Å²) in [4.78, 5) is 20.4. The predicted molar refractivity (Wildman–Crippen MR) is 49.5 cm³/mol. The summed E-state index contributed by atoms with van der Waals surface area (Å²) in [7, 11) is 0. The van der Waals surface area contributed by atoms with Crippen molar-refractivity contribution in [1.82, 2.24) is 0 Å². The number of alkyl halides is 1. The number of carboxylic acids is 1. The zero-order valence-corrected chi connectivity index (χ0v) is 8.07. The summed E-state index contributed by atoms with van der Waals surface area (Å²) < 4.78 is 4.83. The summed E-state index contributed by atoms with van der Waals surface area (Å²) in [6.45, 7) is 0. The maximum Gasteiger partial charge on any atom is 0.344 e. The second-order valence-corrected chi connectivity index (χ2v) is 2.27. The maximum absolute atomic E-state index is 10.5. The molecule has 1 N–H and O–H groups in total. The molecular formula is C7H5IO4. The van der Waals surface area contributed by atoms with Crippen molar-refractivity contribution in [3.63, 3.8) is 0 Å². The van der Waals surface area contributed by atoms with E-state index in [0.717, 1.165) is 6.08 Å². The Labute approximate surface area is 82.7 Å². The SMILES string of the molecule is O=C(O)C=CC(=O)OC#CCI. The molecule has 12 heavy (non-hydrogen) atoms. The van der Waals surface area contributed by atoms with Crippen molar-refractivity contribution in [3.05, 3.63) is 12.2 Å². The standard InChI is InChI=1S/C7H5IO4/c8-4-1-5-12-7(11)3-2-6(9)10/h2-3H,4H2,(H,9,10). The van der Waals surface area contributed by atoms with Crippen molar-refractivity contribution in [2.45, 2.75) is 0 Å². The average Bonchev–Trinajstić information content (AvgIpc) is 2.01. The number of aliphatic carboxylic acids is 1. The second kappa shape index (κ2) is 6.67. The van der Waals surface area contributed by atoms with Gasteiger partial charge in [-0.3, -0.25) is 0 Å². The van der Waals surface area contributed by atoms with Crippen LogP contribution in [0.4, 0.5) is 0 Å². The molecule has 0 unspecified atom stereocenters. The van der Waals surface area contributed by atoms with Crippen LogP contribution in [0, 0.1) is 12.0 Å². The van der Waals surface area contributed by atoms with Crippen molar-refractivity contribution in [1.29, 1.82) is 0 Å². The molecular weight excluding hydrogens is 275 g/mol. The summed E-state index contributed by atoms with van der Waals surface area (Å²) in [5, 5.41) is 8.10. The van der Waals surface area contributed by atoms with E-state index >= 15 is 0 Å². The number of esters is 1. The molecule has 0 fully saturated rings. The van der Waals surface area contributed by atoms with Gasteiger partial charge in [-0.15, -0.1) is 0 Å². The first-order valence-corrected chi connectivity index (χ1v) is 4.35. The molecule has 0 aliphatic carbocycles. The second-order valence-electron chi connectivity index (χ2n) is 1.51. The van der Waals surface area contributed by atoms with Gasteiger partial charge in [-0.1, -0.05) is 22.6 Å². The Hall–Kier alpha value is -1.03. The normalized spacial score (nSPS) is 8.75. The molecule has 0 atom stereocenters. The molecule has 0 bridgehead atoms. The van der Waals surface area contributed by atoms with Crippen LogP contribution in [-0.4, -0.2) is 21.5 Å². The third-order valence-corrected chi connectivity index (χ3v) is 1.03. The average molecular weight is 280 g/mol. The van der Waals surface area contributed by atoms with Gasteiger partial charge in [-0.25, -0.2) is 9.59 Å². The molecule has 4 nitrogen and oxygen atoms in total. The molecule has 0 aromatic heterocycles. The molecule has 0 radical (unpaired) electrons. The van der Waals surface area contributed by atoms with Crippen LogP contribution in [0.15, 0.2) is 12.2 Å². The highest BCUT2D eigenvalue weighted by Crippen LogP contribution is 1.81. The zero-order valence-electron chi connectivity index (χ0n) is 5.91. The first kappa shape index (κ1) is 11.0. The van der Waals surface area contributed by atoms with Crippen molar-refractivity contribution < 1.29 is 19.4 Å². The summed E-state index contributed by atoms with van der Waals surface area (Å²) in [6.07, 6.45) is 3.59. The molecule has 0 saturated heterocycles. The van der Waals surface area contributed by atoms with E-state index in [2.05, 4.69) is 16.8 Å². The lowest BCUT2D eigenvalue weighted by Crippen LogP contribution is -1.96. The fourth-order valence-electron chi connectivity index (χ4n) is 0.287. The molecule has 0 aliphatic rings. The van der Waals surface area contributed by atoms with Crippen LogP contribution in [0.1, 0.15) is 0 Å². The Morgan fingerprint density at radius 1 is 1.50 bits per heavy atom. The minimum atomic E-state index is -1.20. The van der Waals surface area contributed by atoms with Crippen molar-refractivity contribution in [3.8, 4) is 12.0 Å². The number of hydrogen-bond donors (Lipinski definition) is 1. The van der Waals surface area contributed by atoms with E-state index in [-0.39, 0.29) is 0 Å². The van der Waals surface area contributed by atoms with Crippen LogP contribution in [-0.2, 0) is 14.3 Å². The van der Waals surface area contributed by atoms with E-state index in [1.807, 2.05) is 22.6 Å². The highest BCUT2D eigenvalue weighted by Gasteiger charge is 1.94. The third-order valence-electron chi connectivity index (χ3n) is 0.653. The lowest BCUT2D eigenvalue weighted by Gasteiger charge is -1.84. The van der Waals surface area contributed by atoms with Gasteiger partial charge in [0, 0.05) is 12.2 Å². The van der Waals surface area contributed by atoms with Crippen LogP contribution in [0.25, 0.3) is 0 Å². The lowest BCUT2D eigenvalue weighted by molar-refractivity contribution is -0.134. The van der Waals surface area contributed by atoms with Gasteiger partial charge in [0.25, 0.3) is 0 Å². The predicted octanol–water partition coefficient (Wildman–Crippen LogP) is 0.566. The first-order valence-electron chi connectivity index (χ1n) is 2.82. The number of halogens is 1. The molecule has 0 heterocycles. The number of carbonyl (C=O) groups excluding carboxylic acids is 1. The van der Waals surface area contributed by atoms with Gasteiger partial charge in [0.1, 0.15) is 6.11 Å². The van der Waals surface area contributed by atoms with Crippen LogP contribution in [0.5, 0.6) is 0 Å². The maximum atomic E-state index is 10.5. The third kappa shape index (κ3) is 7.08. The van der Waals surface area contributed by atoms with Gasteiger partial charge in [-0.05, 0) is 5.92 Å². The van der Waals surface area contributed by atoms with E-state index in [4.69, 9.17) is 5.11 Å². The monoisotopic (exact) mass is 280 g/mol. The van der Waals surface area contributed by atoms with Gasteiger partial charge in [0.15, 0.2) is 0 Å². The first-order chi connectivity index (χ1) is 5.66. The van der Waals surface area contributed by atoms with Crippen molar-refractivity contribution in [2.75, 3.05) is 4.43 Å². The number of carbonyl (C=O) groups is 2. The number of carboxylic acid groups (broad SMARTS) is 1. The number of ether oxygens (including phenoxy) is 1. The number of rotatable bonds is 2. The van der Waals surface area contributed by atoms with E-state index in [1.54, 1.807) is 0 Å². The van der Waals surface area contributed by atoms with Gasteiger partial charge in [0.05, 0.1) is 4.43 Å². The highest BCUT2D eigenvalue weighted by atomic mass is 127. The van der Waals surface area contributed by atoms with Crippen LogP contribution >= 0.6 is 22.6 Å². The van der Waals surface area contributed by atoms with E-state index in [9.17, 15) is 9.59 Å². The van der Waals surface area contributed by atoms with Crippen LogP contribution in [0.3, 0.4) is 0 Å². The minimum Gasteiger partial charge on any atom is -0.478 e. The molecule has 64 valence electrons. The fourth-order valence-corrected chi connectivity index (χ4v) is 0.443. The molecule has 0 rings (SSSR count). The van der Waals surface area contributed by atoms with E-state index in [1.165, 1.54) is 0 Å². The molecule has 0 saturated carbocycles. The molecule has 0 aromatic carbocycles. The van der Waals surface area contributed by atoms with Gasteiger partial charge < -0.3 is 9.84 Å². The van der Waals surface area contributed by atoms with Crippen molar-refractivity contribution >= 4 is 34.5 Å². The Morgan fingerprint density at radius 3 is 2.67 bits per heavy atom. The molecule has 0 spiro atoms. The smallest absolute Gasteiger partial charge is 0.344 e. The zero-order chi connectivity index (χ0) is 9.40. The van der Waals surface area contributed by atoms with Gasteiger partial charge >= 0.3 is 11.9 Å². The summed E-state index contributed by atoms with van der Waals surface area (Å²) in [5.41, 5.74) is 0. The van der Waals surface area contributed by atoms with Crippen LogP contribution < -0.4 is 0 Å². The van der Waals surface area contributed by atoms with Gasteiger partial charge in [-0.2, -0.15) is 0 Å². The Morgan fingerprint density at radius 2 is 2.17 bits per heavy atom. The quantitative estimate of drug-likeness (QED) is 0.264. The minimum absolute atomic E-state index is 0.549. The van der Waals surface area contributed by atoms with E-state index < -0.39 is 11.9 Å². The largest absolute Gasteiger partial charge is 0.478 e. The Bertz CT molecular complexity index is 258. The summed E-state index contributed by atoms with van der Waals surface area (Å²) >= 11 is 1.99. The molecule has 0 amide bonds. The lowest BCUT2D eigenvalue weighted by atomic mass is 10.5. The summed E-state index contributed by atoms with van der Waals surface area (Å²) in [5.74, 6) is 0.496. The topological polar surface area (TPSA) is 63.6 Å². The molecule has 5 heteroatoms. The number of hydrogen-bond acceptors (Lipinski definition) is 3. The van der Waals surface area contributed by atoms with Crippen molar-refractivity contribution in [2.24, 2.45) is 0 Å². The Kier molecular flexibility index (Phi) is 6.09. The molecule has 0 aliphatic heterocycles. The molecule has 0 aromatic rings. The summed E-state index contributed by atoms with van der Waals surface area (Å²) in [6, 6.07) is 0. The van der Waals surface area contributed by atoms with Crippen LogP contribution in [0.2, 0.25) is 0 Å². The fraction of sp³-hybridized carbons (Fsp3) is 0.143. The van der Waals surface area contributed by atoms with Gasteiger partial charge in [0.2, 0.25) is 0 Å².